The van der Waals surface area contributed by atoms with Crippen molar-refractivity contribution in [3.8, 4) is 17.2 Å². The zero-order chi connectivity index (χ0) is 23.1. The number of esters is 1. The fourth-order valence-electron chi connectivity index (χ4n) is 2.86. The molecule has 0 spiro atoms. The molecule has 0 N–H and O–H groups in total. The summed E-state index contributed by atoms with van der Waals surface area (Å²) in [5, 5.41) is 10.9. The lowest BCUT2D eigenvalue weighted by Crippen LogP contribution is -2.08. The van der Waals surface area contributed by atoms with Gasteiger partial charge in [0.1, 0.15) is 17.2 Å². The van der Waals surface area contributed by atoms with Gasteiger partial charge in [-0.15, -0.1) is 0 Å². The summed E-state index contributed by atoms with van der Waals surface area (Å²) in [6.45, 7) is 0. The molecule has 0 aromatic heterocycles. The monoisotopic (exact) mass is 433 g/mol. The summed E-state index contributed by atoms with van der Waals surface area (Å²) < 4.78 is 15.7. The van der Waals surface area contributed by atoms with Crippen molar-refractivity contribution in [1.29, 1.82) is 0 Å². The zero-order valence-electron chi connectivity index (χ0n) is 17.3. The van der Waals surface area contributed by atoms with E-state index >= 15 is 0 Å². The minimum atomic E-state index is -0.730. The number of methoxy groups -OCH3 is 2. The zero-order valence-corrected chi connectivity index (χ0v) is 17.3. The lowest BCUT2D eigenvalue weighted by Gasteiger charge is -2.08. The van der Waals surface area contributed by atoms with Crippen LogP contribution in [-0.4, -0.2) is 30.9 Å². The van der Waals surface area contributed by atoms with Crippen LogP contribution in [0.25, 0.3) is 6.08 Å². The maximum absolute atomic E-state index is 12.6. The molecule has 0 saturated heterocycles. The third-order valence-corrected chi connectivity index (χ3v) is 4.46. The molecule has 3 rings (SSSR count). The van der Waals surface area contributed by atoms with Gasteiger partial charge in [-0.1, -0.05) is 24.3 Å². The van der Waals surface area contributed by atoms with Crippen LogP contribution in [0.4, 0.5) is 5.69 Å². The van der Waals surface area contributed by atoms with E-state index in [0.29, 0.717) is 22.6 Å². The van der Waals surface area contributed by atoms with Gasteiger partial charge < -0.3 is 14.2 Å². The fourth-order valence-corrected chi connectivity index (χ4v) is 2.86. The van der Waals surface area contributed by atoms with Crippen LogP contribution < -0.4 is 14.2 Å². The first-order chi connectivity index (χ1) is 15.4. The molecule has 0 atom stereocenters. The largest absolute Gasteiger partial charge is 0.497 e. The van der Waals surface area contributed by atoms with Crippen LogP contribution in [0, 0.1) is 10.1 Å². The summed E-state index contributed by atoms with van der Waals surface area (Å²) >= 11 is 0. The Labute approximate surface area is 183 Å². The number of hydrogen-bond acceptors (Lipinski definition) is 7. The predicted octanol–water partition coefficient (Wildman–Crippen LogP) is 4.73. The van der Waals surface area contributed by atoms with E-state index < -0.39 is 10.9 Å². The highest BCUT2D eigenvalue weighted by Gasteiger charge is 2.14. The molecule has 0 amide bonds. The third-order valence-electron chi connectivity index (χ3n) is 4.46. The molecule has 0 aliphatic rings. The molecular weight excluding hydrogens is 414 g/mol. The van der Waals surface area contributed by atoms with Crippen LogP contribution in [-0.2, 0) is 0 Å². The summed E-state index contributed by atoms with van der Waals surface area (Å²) in [4.78, 5) is 35.3. The number of nitrogens with zero attached hydrogens (tertiary/aromatic N) is 1. The van der Waals surface area contributed by atoms with Crippen LogP contribution in [0.3, 0.4) is 0 Å². The van der Waals surface area contributed by atoms with E-state index in [2.05, 4.69) is 0 Å². The van der Waals surface area contributed by atoms with Gasteiger partial charge in [0, 0.05) is 12.1 Å². The Bertz CT molecular complexity index is 1200. The third kappa shape index (κ3) is 5.37. The van der Waals surface area contributed by atoms with E-state index in [1.807, 2.05) is 0 Å². The number of nitro benzene ring substituents is 1. The number of ketones is 1. The molecule has 0 unspecified atom stereocenters. The van der Waals surface area contributed by atoms with Gasteiger partial charge in [-0.25, -0.2) is 4.79 Å². The normalized spacial score (nSPS) is 10.6. The number of rotatable bonds is 8. The van der Waals surface area contributed by atoms with E-state index in [1.165, 1.54) is 38.5 Å². The number of carbonyl (C=O) groups excluding carboxylic acids is 2. The molecule has 8 heteroatoms. The molecule has 32 heavy (non-hydrogen) atoms. The van der Waals surface area contributed by atoms with Crippen molar-refractivity contribution in [3.63, 3.8) is 0 Å². The van der Waals surface area contributed by atoms with Crippen molar-refractivity contribution in [1.82, 2.24) is 0 Å². The highest BCUT2D eigenvalue weighted by Crippen LogP contribution is 2.25. The summed E-state index contributed by atoms with van der Waals surface area (Å²) in [5.41, 5.74) is 0.809. The van der Waals surface area contributed by atoms with Gasteiger partial charge in [-0.2, -0.15) is 0 Å². The van der Waals surface area contributed by atoms with Crippen LogP contribution >= 0.6 is 0 Å². The van der Waals surface area contributed by atoms with E-state index in [4.69, 9.17) is 14.2 Å². The van der Waals surface area contributed by atoms with Gasteiger partial charge in [0.25, 0.3) is 5.69 Å². The maximum Gasteiger partial charge on any atom is 0.343 e. The average Bonchev–Trinajstić information content (AvgIpc) is 2.82. The highest BCUT2D eigenvalue weighted by atomic mass is 16.6. The van der Waals surface area contributed by atoms with E-state index in [0.717, 1.165) is 6.07 Å². The van der Waals surface area contributed by atoms with Crippen molar-refractivity contribution in [2.24, 2.45) is 0 Å². The Morgan fingerprint density at radius 2 is 1.69 bits per heavy atom. The Kier molecular flexibility index (Phi) is 6.97. The Morgan fingerprint density at radius 1 is 0.906 bits per heavy atom. The van der Waals surface area contributed by atoms with Crippen LogP contribution in [0.1, 0.15) is 26.3 Å². The highest BCUT2D eigenvalue weighted by molar-refractivity contribution is 6.09. The van der Waals surface area contributed by atoms with Gasteiger partial charge in [-0.3, -0.25) is 14.9 Å². The van der Waals surface area contributed by atoms with Crippen molar-refractivity contribution in [2.45, 2.75) is 0 Å². The van der Waals surface area contributed by atoms with Crippen molar-refractivity contribution < 1.29 is 28.7 Å². The smallest absolute Gasteiger partial charge is 0.343 e. The molecule has 0 radical (unpaired) electrons. The number of carbonyl (C=O) groups is 2. The van der Waals surface area contributed by atoms with E-state index in [1.54, 1.807) is 48.5 Å². The lowest BCUT2D eigenvalue weighted by atomic mass is 10.1. The molecule has 162 valence electrons. The number of allylic oxidation sites excluding steroid dienone is 1. The summed E-state index contributed by atoms with van der Waals surface area (Å²) in [5.74, 6) is 0.152. The molecule has 0 saturated carbocycles. The van der Waals surface area contributed by atoms with Crippen LogP contribution in [0.2, 0.25) is 0 Å². The molecule has 0 aliphatic carbocycles. The topological polar surface area (TPSA) is 105 Å². The first kappa shape index (κ1) is 22.2. The summed E-state index contributed by atoms with van der Waals surface area (Å²) in [7, 11) is 2.98. The Balaban J connectivity index is 1.76. The van der Waals surface area contributed by atoms with Gasteiger partial charge in [0.05, 0.1) is 30.3 Å². The van der Waals surface area contributed by atoms with Gasteiger partial charge >= 0.3 is 5.97 Å². The minimum absolute atomic E-state index is 0.0560. The lowest BCUT2D eigenvalue weighted by molar-refractivity contribution is -0.384. The molecule has 0 bridgehead atoms. The molecule has 3 aromatic carbocycles. The summed E-state index contributed by atoms with van der Waals surface area (Å²) in [6.07, 6.45) is 2.95. The maximum atomic E-state index is 12.6. The van der Waals surface area contributed by atoms with Gasteiger partial charge in [0.15, 0.2) is 5.78 Å². The SMILES string of the molecule is COc1ccc(OC)c(C(=O)C=Cc2cccc(OC(=O)c3cccc([N+](=O)[O-])c3)c2)c1. The number of benzene rings is 3. The Morgan fingerprint density at radius 3 is 2.41 bits per heavy atom. The minimum Gasteiger partial charge on any atom is -0.497 e. The second kappa shape index (κ2) is 10.0. The fraction of sp³-hybridized carbons (Fsp3) is 0.0833. The van der Waals surface area contributed by atoms with Crippen molar-refractivity contribution in [3.05, 3.63) is 99.6 Å². The van der Waals surface area contributed by atoms with Crippen LogP contribution in [0.5, 0.6) is 17.2 Å². The van der Waals surface area contributed by atoms with Gasteiger partial charge in [-0.05, 0) is 48.0 Å². The number of hydrogen-bond donors (Lipinski definition) is 0. The molecule has 8 nitrogen and oxygen atoms in total. The first-order valence-corrected chi connectivity index (χ1v) is 9.42. The van der Waals surface area contributed by atoms with Crippen LogP contribution in [0.15, 0.2) is 72.8 Å². The standard InChI is InChI=1S/C24H19NO7/c1-30-19-10-12-23(31-2)21(15-19)22(26)11-9-16-5-3-8-20(13-16)32-24(27)17-6-4-7-18(14-17)25(28)29/h3-15H,1-2H3. The average molecular weight is 433 g/mol. The molecule has 0 heterocycles. The van der Waals surface area contributed by atoms with Gasteiger partial charge in [0.2, 0.25) is 0 Å². The van der Waals surface area contributed by atoms with Crippen molar-refractivity contribution >= 4 is 23.5 Å². The van der Waals surface area contributed by atoms with E-state index in [9.17, 15) is 19.7 Å². The summed E-state index contributed by atoms with van der Waals surface area (Å²) in [6, 6.07) is 16.7. The number of ether oxygens (including phenoxy) is 3. The first-order valence-electron chi connectivity index (χ1n) is 9.42. The molecule has 0 fully saturated rings. The molecule has 3 aromatic rings. The van der Waals surface area contributed by atoms with E-state index in [-0.39, 0.29) is 22.8 Å². The Hall–Kier alpha value is -4.46. The number of non-ortho nitro benzene ring substituents is 1. The second-order valence-electron chi connectivity index (χ2n) is 6.53. The number of nitro groups is 1. The second-order valence-corrected chi connectivity index (χ2v) is 6.53. The van der Waals surface area contributed by atoms with Crippen molar-refractivity contribution in [2.75, 3.05) is 14.2 Å². The quantitative estimate of drug-likeness (QED) is 0.126. The molecule has 0 aliphatic heterocycles. The predicted molar refractivity (Wildman–Crippen MR) is 117 cm³/mol. The molecular formula is C24H19NO7.